The van der Waals surface area contributed by atoms with Crippen LogP contribution in [0.4, 0.5) is 0 Å². The van der Waals surface area contributed by atoms with Crippen molar-refractivity contribution in [1.29, 1.82) is 0 Å². The Bertz CT molecular complexity index is 521. The van der Waals surface area contributed by atoms with Gasteiger partial charge in [-0.25, -0.2) is 4.79 Å². The van der Waals surface area contributed by atoms with E-state index < -0.39 is 12.0 Å². The van der Waals surface area contributed by atoms with Crippen LogP contribution in [0.25, 0.3) is 0 Å². The largest absolute Gasteiger partial charge is 0.484 e. The molecule has 0 bridgehead atoms. The Morgan fingerprint density at radius 3 is 2.52 bits per heavy atom. The minimum Gasteiger partial charge on any atom is -0.484 e. The summed E-state index contributed by atoms with van der Waals surface area (Å²) >= 11 is 0. The smallest absolute Gasteiger partial charge is 0.326 e. The normalized spacial score (nSPS) is 18.4. The highest BCUT2D eigenvalue weighted by atomic mass is 16.5. The maximum Gasteiger partial charge on any atom is 0.326 e. The van der Waals surface area contributed by atoms with Crippen molar-refractivity contribution in [2.75, 3.05) is 13.2 Å². The molecule has 1 fully saturated rings. The van der Waals surface area contributed by atoms with E-state index in [1.807, 2.05) is 32.0 Å². The Hall–Kier alpha value is -2.04. The standard InChI is InChI=1S/C16H21NO4/c1-11-7-12(2)9-13(8-11)21-10-15(18)17-6-4-3-5-14(17)16(19)20/h7-9,14H,3-6,10H2,1-2H3,(H,19,20). The van der Waals surface area contributed by atoms with E-state index in [0.717, 1.165) is 24.0 Å². The number of carboxylic acid groups (broad SMARTS) is 1. The highest BCUT2D eigenvalue weighted by molar-refractivity contribution is 5.84. The van der Waals surface area contributed by atoms with Gasteiger partial charge in [0.25, 0.3) is 5.91 Å². The van der Waals surface area contributed by atoms with Gasteiger partial charge in [0.05, 0.1) is 0 Å². The van der Waals surface area contributed by atoms with Gasteiger partial charge in [-0.1, -0.05) is 6.07 Å². The minimum atomic E-state index is -0.936. The molecule has 1 aliphatic heterocycles. The highest BCUT2D eigenvalue weighted by Crippen LogP contribution is 2.19. The quantitative estimate of drug-likeness (QED) is 0.923. The Labute approximate surface area is 124 Å². The minimum absolute atomic E-state index is 0.118. The van der Waals surface area contributed by atoms with E-state index in [1.54, 1.807) is 0 Å². The lowest BCUT2D eigenvalue weighted by Gasteiger charge is -2.32. The van der Waals surface area contributed by atoms with E-state index in [4.69, 9.17) is 4.74 Å². The SMILES string of the molecule is Cc1cc(C)cc(OCC(=O)N2CCCCC2C(=O)O)c1. The summed E-state index contributed by atoms with van der Waals surface area (Å²) in [6.07, 6.45) is 2.21. The van der Waals surface area contributed by atoms with Crippen LogP contribution in [0.1, 0.15) is 30.4 Å². The van der Waals surface area contributed by atoms with Gasteiger partial charge in [-0.3, -0.25) is 4.79 Å². The molecule has 0 aromatic heterocycles. The van der Waals surface area contributed by atoms with E-state index in [-0.39, 0.29) is 12.5 Å². The van der Waals surface area contributed by atoms with Gasteiger partial charge < -0.3 is 14.7 Å². The van der Waals surface area contributed by atoms with Crippen LogP contribution < -0.4 is 4.74 Å². The topological polar surface area (TPSA) is 66.8 Å². The molecule has 1 unspecified atom stereocenters. The van der Waals surface area contributed by atoms with Crippen molar-refractivity contribution in [3.8, 4) is 5.75 Å². The number of carboxylic acids is 1. The third-order valence-corrected chi connectivity index (χ3v) is 3.67. The molecule has 1 aliphatic rings. The van der Waals surface area contributed by atoms with E-state index in [2.05, 4.69) is 0 Å². The molecular formula is C16H21NO4. The molecule has 0 saturated carbocycles. The maximum absolute atomic E-state index is 12.2. The predicted octanol–water partition coefficient (Wildman–Crippen LogP) is 2.15. The van der Waals surface area contributed by atoms with Gasteiger partial charge in [-0.15, -0.1) is 0 Å². The highest BCUT2D eigenvalue weighted by Gasteiger charge is 2.31. The summed E-state index contributed by atoms with van der Waals surface area (Å²) in [5.74, 6) is -0.555. The summed E-state index contributed by atoms with van der Waals surface area (Å²) < 4.78 is 5.53. The fraction of sp³-hybridized carbons (Fsp3) is 0.500. The number of aryl methyl sites for hydroxylation is 2. The van der Waals surface area contributed by atoms with Crippen LogP contribution in [0.2, 0.25) is 0 Å². The third kappa shape index (κ3) is 3.97. The molecule has 21 heavy (non-hydrogen) atoms. The summed E-state index contributed by atoms with van der Waals surface area (Å²) in [5, 5.41) is 9.18. The number of rotatable bonds is 4. The van der Waals surface area contributed by atoms with Crippen molar-refractivity contribution in [1.82, 2.24) is 4.90 Å². The van der Waals surface area contributed by atoms with Crippen molar-refractivity contribution >= 4 is 11.9 Å². The monoisotopic (exact) mass is 291 g/mol. The first-order valence-corrected chi connectivity index (χ1v) is 7.21. The van der Waals surface area contributed by atoms with Crippen molar-refractivity contribution < 1.29 is 19.4 Å². The Kier molecular flexibility index (Phi) is 4.83. The zero-order valence-corrected chi connectivity index (χ0v) is 12.5. The number of hydrogen-bond donors (Lipinski definition) is 1. The van der Waals surface area contributed by atoms with Crippen LogP contribution >= 0.6 is 0 Å². The van der Waals surface area contributed by atoms with Gasteiger partial charge in [-0.2, -0.15) is 0 Å². The molecule has 1 aromatic rings. The summed E-state index contributed by atoms with van der Waals surface area (Å²) in [6.45, 7) is 4.30. The number of nitrogens with zero attached hydrogens (tertiary/aromatic N) is 1. The number of hydrogen-bond acceptors (Lipinski definition) is 3. The van der Waals surface area contributed by atoms with E-state index in [1.165, 1.54) is 4.90 Å². The molecule has 114 valence electrons. The number of likely N-dealkylation sites (tertiary alicyclic amines) is 1. The molecule has 5 heteroatoms. The molecule has 1 N–H and O–H groups in total. The fourth-order valence-electron chi connectivity index (χ4n) is 2.73. The number of carbonyl (C=O) groups excluding carboxylic acids is 1. The zero-order chi connectivity index (χ0) is 15.4. The van der Waals surface area contributed by atoms with Crippen molar-refractivity contribution in [3.63, 3.8) is 0 Å². The Morgan fingerprint density at radius 2 is 1.90 bits per heavy atom. The first-order valence-electron chi connectivity index (χ1n) is 7.21. The number of carbonyl (C=O) groups is 2. The summed E-state index contributed by atoms with van der Waals surface area (Å²) in [5.41, 5.74) is 2.14. The average molecular weight is 291 g/mol. The van der Waals surface area contributed by atoms with Gasteiger partial charge in [-0.05, 0) is 56.4 Å². The number of ether oxygens (including phenoxy) is 1. The molecule has 1 amide bonds. The van der Waals surface area contributed by atoms with Crippen molar-refractivity contribution in [2.45, 2.75) is 39.2 Å². The molecule has 2 rings (SSSR count). The number of benzene rings is 1. The van der Waals surface area contributed by atoms with E-state index >= 15 is 0 Å². The molecule has 5 nitrogen and oxygen atoms in total. The van der Waals surface area contributed by atoms with Crippen molar-refractivity contribution in [2.24, 2.45) is 0 Å². The maximum atomic E-state index is 12.2. The number of piperidine rings is 1. The molecule has 1 saturated heterocycles. The van der Waals surface area contributed by atoms with E-state index in [9.17, 15) is 14.7 Å². The number of aliphatic carboxylic acids is 1. The van der Waals surface area contributed by atoms with Crippen molar-refractivity contribution in [3.05, 3.63) is 29.3 Å². The second-order valence-electron chi connectivity index (χ2n) is 5.55. The van der Waals surface area contributed by atoms with Crippen LogP contribution in [0.5, 0.6) is 5.75 Å². The second-order valence-corrected chi connectivity index (χ2v) is 5.55. The summed E-state index contributed by atoms with van der Waals surface area (Å²) in [4.78, 5) is 24.8. The first kappa shape index (κ1) is 15.4. The first-order chi connectivity index (χ1) is 9.97. The molecule has 0 aliphatic carbocycles. The Balaban J connectivity index is 1.98. The average Bonchev–Trinajstić information content (AvgIpc) is 2.43. The van der Waals surface area contributed by atoms with Crippen LogP contribution in [0.15, 0.2) is 18.2 Å². The Morgan fingerprint density at radius 1 is 1.24 bits per heavy atom. The summed E-state index contributed by atoms with van der Waals surface area (Å²) in [6, 6.07) is 5.05. The third-order valence-electron chi connectivity index (χ3n) is 3.67. The van der Waals surface area contributed by atoms with Gasteiger partial charge in [0.2, 0.25) is 0 Å². The lowest BCUT2D eigenvalue weighted by molar-refractivity contribution is -0.152. The number of amides is 1. The lowest BCUT2D eigenvalue weighted by atomic mass is 10.0. The molecule has 0 radical (unpaired) electrons. The van der Waals surface area contributed by atoms with Gasteiger partial charge >= 0.3 is 5.97 Å². The summed E-state index contributed by atoms with van der Waals surface area (Å²) in [7, 11) is 0. The van der Waals surface area contributed by atoms with E-state index in [0.29, 0.717) is 18.7 Å². The molecule has 1 aromatic carbocycles. The van der Waals surface area contributed by atoms with Crippen LogP contribution in [-0.4, -0.2) is 41.1 Å². The van der Waals surface area contributed by atoms with Gasteiger partial charge in [0, 0.05) is 6.54 Å². The molecular weight excluding hydrogens is 270 g/mol. The van der Waals surface area contributed by atoms with Crippen LogP contribution in [0.3, 0.4) is 0 Å². The fourth-order valence-corrected chi connectivity index (χ4v) is 2.73. The zero-order valence-electron chi connectivity index (χ0n) is 12.5. The van der Waals surface area contributed by atoms with Crippen LogP contribution in [0, 0.1) is 13.8 Å². The molecule has 1 heterocycles. The van der Waals surface area contributed by atoms with Gasteiger partial charge in [0.15, 0.2) is 6.61 Å². The van der Waals surface area contributed by atoms with Gasteiger partial charge in [0.1, 0.15) is 11.8 Å². The second kappa shape index (κ2) is 6.61. The lowest BCUT2D eigenvalue weighted by Crippen LogP contribution is -2.49. The molecule has 0 spiro atoms. The van der Waals surface area contributed by atoms with Crippen LogP contribution in [-0.2, 0) is 9.59 Å². The molecule has 1 atom stereocenters. The predicted molar refractivity (Wildman–Crippen MR) is 78.4 cm³/mol.